The number of hydrogen-bond donors (Lipinski definition) is 1. The van der Waals surface area contributed by atoms with Gasteiger partial charge in [0.2, 0.25) is 0 Å². The van der Waals surface area contributed by atoms with Gasteiger partial charge in [-0.3, -0.25) is 15.0 Å². The summed E-state index contributed by atoms with van der Waals surface area (Å²) in [5.74, 6) is -1.38. The van der Waals surface area contributed by atoms with Crippen LogP contribution in [0.4, 0.5) is 24.4 Å². The highest BCUT2D eigenvalue weighted by Crippen LogP contribution is 2.31. The van der Waals surface area contributed by atoms with Crippen LogP contribution in [0.5, 0.6) is 0 Å². The van der Waals surface area contributed by atoms with E-state index in [1.54, 1.807) is 13.1 Å². The summed E-state index contributed by atoms with van der Waals surface area (Å²) in [7, 11) is 0. The van der Waals surface area contributed by atoms with Crippen LogP contribution in [0.1, 0.15) is 32.6 Å². The van der Waals surface area contributed by atoms with Crippen molar-refractivity contribution in [3.8, 4) is 0 Å². The maximum atomic E-state index is 14.4. The average molecular weight is 456 g/mol. The molecule has 1 heterocycles. The number of thiazole rings is 1. The minimum atomic E-state index is -0.784. The first-order chi connectivity index (χ1) is 14.5. The molecule has 0 aliphatic heterocycles. The van der Waals surface area contributed by atoms with Gasteiger partial charge in [-0.25, -0.2) is 18.6 Å². The van der Waals surface area contributed by atoms with E-state index in [9.17, 15) is 18.4 Å². The summed E-state index contributed by atoms with van der Waals surface area (Å²) in [5.41, 5.74) is 0.0364. The molecule has 0 unspecified atom stereocenters. The van der Waals surface area contributed by atoms with Gasteiger partial charge in [0.05, 0.1) is 28.5 Å². The second-order valence-corrected chi connectivity index (χ2v) is 9.17. The summed E-state index contributed by atoms with van der Waals surface area (Å²) >= 11 is 2.48. The van der Waals surface area contributed by atoms with Crippen LogP contribution in [0.15, 0.2) is 28.6 Å². The number of urea groups is 1. The molecule has 6 nitrogen and oxygen atoms in total. The normalized spacial score (nSPS) is 14.0. The lowest BCUT2D eigenvalue weighted by atomic mass is 10.1. The molecule has 0 spiro atoms. The average Bonchev–Trinajstić information content (AvgIpc) is 3.37. The number of benzene rings is 1. The highest BCUT2D eigenvalue weighted by Gasteiger charge is 2.26. The molecule has 1 saturated carbocycles. The number of thioether (sulfide) groups is 1. The van der Waals surface area contributed by atoms with Crippen LogP contribution >= 0.6 is 23.1 Å². The Hall–Kier alpha value is -2.20. The molecular formula is C20H23F2N3O3S2. The third-order valence-electron chi connectivity index (χ3n) is 4.70. The third-order valence-corrected chi connectivity index (χ3v) is 6.78. The van der Waals surface area contributed by atoms with E-state index in [2.05, 4.69) is 10.3 Å². The second-order valence-electron chi connectivity index (χ2n) is 6.87. The van der Waals surface area contributed by atoms with Crippen molar-refractivity contribution in [1.29, 1.82) is 0 Å². The summed E-state index contributed by atoms with van der Waals surface area (Å²) in [6.45, 7) is 2.41. The minimum absolute atomic E-state index is 0.0364. The van der Waals surface area contributed by atoms with E-state index in [1.807, 2.05) is 0 Å². The van der Waals surface area contributed by atoms with Crippen molar-refractivity contribution in [3.05, 3.63) is 36.0 Å². The van der Waals surface area contributed by atoms with Crippen molar-refractivity contribution in [2.75, 3.05) is 29.1 Å². The standard InChI is InChI=1S/C20H23F2N3O3S2/c1-2-28-17(26)12-29-18-10-23-19(30-18)24-20(27)25(11-13-5-3-4-6-13)16-8-7-14(21)9-15(16)22/h7-10,13H,2-6,11-12H2,1H3,(H,23,24,27). The van der Waals surface area contributed by atoms with Crippen LogP contribution < -0.4 is 10.2 Å². The summed E-state index contributed by atoms with van der Waals surface area (Å²) in [6.07, 6.45) is 5.67. The van der Waals surface area contributed by atoms with Crippen molar-refractivity contribution in [2.24, 2.45) is 5.92 Å². The molecule has 1 aliphatic rings. The van der Waals surface area contributed by atoms with Crippen LogP contribution in [-0.4, -0.2) is 35.9 Å². The zero-order valence-electron chi connectivity index (χ0n) is 16.5. The van der Waals surface area contributed by atoms with Crippen molar-refractivity contribution in [3.63, 3.8) is 0 Å². The number of carbonyl (C=O) groups excluding carboxylic acids is 2. The predicted octanol–water partition coefficient (Wildman–Crippen LogP) is 5.31. The fraction of sp³-hybridized carbons (Fsp3) is 0.450. The fourth-order valence-corrected chi connectivity index (χ4v) is 4.98. The van der Waals surface area contributed by atoms with Crippen molar-refractivity contribution in [2.45, 2.75) is 36.8 Å². The number of nitrogens with zero attached hydrogens (tertiary/aromatic N) is 2. The second kappa shape index (κ2) is 10.7. The topological polar surface area (TPSA) is 71.5 Å². The zero-order valence-corrected chi connectivity index (χ0v) is 18.2. The Labute approximate surface area is 182 Å². The van der Waals surface area contributed by atoms with Gasteiger partial charge in [-0.15, -0.1) is 11.8 Å². The Kier molecular flexibility index (Phi) is 8.03. The van der Waals surface area contributed by atoms with E-state index in [0.29, 0.717) is 18.3 Å². The van der Waals surface area contributed by atoms with E-state index in [1.165, 1.54) is 34.1 Å². The van der Waals surface area contributed by atoms with Gasteiger partial charge in [-0.1, -0.05) is 24.2 Å². The summed E-state index contributed by atoms with van der Waals surface area (Å²) in [4.78, 5) is 29.9. The molecule has 0 bridgehead atoms. The number of anilines is 2. The molecule has 1 N–H and O–H groups in total. The largest absolute Gasteiger partial charge is 0.465 e. The smallest absolute Gasteiger partial charge is 0.328 e. The third kappa shape index (κ3) is 6.15. The van der Waals surface area contributed by atoms with E-state index in [-0.39, 0.29) is 23.3 Å². The number of aromatic nitrogens is 1. The van der Waals surface area contributed by atoms with Gasteiger partial charge in [0.1, 0.15) is 11.6 Å². The monoisotopic (exact) mass is 455 g/mol. The molecule has 0 atom stereocenters. The highest BCUT2D eigenvalue weighted by molar-refractivity contribution is 8.01. The maximum absolute atomic E-state index is 14.4. The van der Waals surface area contributed by atoms with Gasteiger partial charge in [-0.05, 0) is 37.8 Å². The van der Waals surface area contributed by atoms with Gasteiger partial charge in [0.25, 0.3) is 0 Å². The maximum Gasteiger partial charge on any atom is 0.328 e. The van der Waals surface area contributed by atoms with Gasteiger partial charge >= 0.3 is 12.0 Å². The van der Waals surface area contributed by atoms with Gasteiger partial charge < -0.3 is 4.74 Å². The summed E-state index contributed by atoms with van der Waals surface area (Å²) in [6, 6.07) is 2.67. The van der Waals surface area contributed by atoms with Crippen LogP contribution in [0.2, 0.25) is 0 Å². The van der Waals surface area contributed by atoms with E-state index in [4.69, 9.17) is 4.74 Å². The number of amides is 2. The predicted molar refractivity (Wildman–Crippen MR) is 114 cm³/mol. The first-order valence-corrected chi connectivity index (χ1v) is 11.5. The van der Waals surface area contributed by atoms with Gasteiger partial charge in [0.15, 0.2) is 5.13 Å². The van der Waals surface area contributed by atoms with Crippen LogP contribution in [-0.2, 0) is 9.53 Å². The van der Waals surface area contributed by atoms with Crippen molar-refractivity contribution >= 4 is 45.9 Å². The van der Waals surface area contributed by atoms with Crippen molar-refractivity contribution in [1.82, 2.24) is 4.98 Å². The summed E-state index contributed by atoms with van der Waals surface area (Å²) in [5, 5.41) is 3.03. The number of carbonyl (C=O) groups is 2. The molecule has 1 aromatic carbocycles. The molecule has 3 rings (SSSR count). The number of halogens is 2. The molecule has 1 aromatic heterocycles. The molecule has 30 heavy (non-hydrogen) atoms. The van der Waals surface area contributed by atoms with E-state index in [0.717, 1.165) is 42.0 Å². The Balaban J connectivity index is 1.69. The molecule has 10 heteroatoms. The lowest BCUT2D eigenvalue weighted by Crippen LogP contribution is -2.38. The quantitative estimate of drug-likeness (QED) is 0.432. The first kappa shape index (κ1) is 22.5. The van der Waals surface area contributed by atoms with E-state index < -0.39 is 17.7 Å². The molecule has 2 amide bonds. The molecule has 162 valence electrons. The van der Waals surface area contributed by atoms with Gasteiger partial charge in [0, 0.05) is 12.6 Å². The summed E-state index contributed by atoms with van der Waals surface area (Å²) < 4.78 is 33.4. The van der Waals surface area contributed by atoms with Gasteiger partial charge in [-0.2, -0.15) is 0 Å². The fourth-order valence-electron chi connectivity index (χ4n) is 3.32. The lowest BCUT2D eigenvalue weighted by molar-refractivity contribution is -0.139. The Morgan fingerprint density at radius 2 is 2.10 bits per heavy atom. The van der Waals surface area contributed by atoms with Crippen LogP contribution in [0, 0.1) is 17.6 Å². The zero-order chi connectivity index (χ0) is 21.5. The SMILES string of the molecule is CCOC(=O)CSc1cnc(NC(=O)N(CC2CCCC2)c2ccc(F)cc2F)s1. The number of ether oxygens (including phenoxy) is 1. The van der Waals surface area contributed by atoms with Crippen molar-refractivity contribution < 1.29 is 23.1 Å². The number of nitrogens with one attached hydrogen (secondary N) is 1. The van der Waals surface area contributed by atoms with Crippen LogP contribution in [0.25, 0.3) is 0 Å². The molecule has 0 saturated heterocycles. The number of rotatable bonds is 8. The number of hydrogen-bond acceptors (Lipinski definition) is 6. The molecule has 2 aromatic rings. The minimum Gasteiger partial charge on any atom is -0.465 e. The highest BCUT2D eigenvalue weighted by atomic mass is 32.2. The molecule has 1 aliphatic carbocycles. The molecular weight excluding hydrogens is 432 g/mol. The molecule has 0 radical (unpaired) electrons. The Bertz CT molecular complexity index is 888. The Morgan fingerprint density at radius 3 is 2.80 bits per heavy atom. The van der Waals surface area contributed by atoms with Crippen LogP contribution in [0.3, 0.4) is 0 Å². The van der Waals surface area contributed by atoms with E-state index >= 15 is 0 Å². The molecule has 1 fully saturated rings. The first-order valence-electron chi connectivity index (χ1n) is 9.74. The number of esters is 1. The Morgan fingerprint density at radius 1 is 1.33 bits per heavy atom. The lowest BCUT2D eigenvalue weighted by Gasteiger charge is -2.26.